The van der Waals surface area contributed by atoms with E-state index in [0.717, 1.165) is 12.1 Å². The van der Waals surface area contributed by atoms with Gasteiger partial charge in [-0.05, 0) is 44.5 Å². The molecule has 0 saturated carbocycles. The molecule has 0 radical (unpaired) electrons. The predicted octanol–water partition coefficient (Wildman–Crippen LogP) is 1.56. The van der Waals surface area contributed by atoms with E-state index in [1.807, 2.05) is 0 Å². The van der Waals surface area contributed by atoms with Crippen LogP contribution in [0.25, 0.3) is 0 Å². The van der Waals surface area contributed by atoms with Gasteiger partial charge in [-0.1, -0.05) is 0 Å². The maximum atomic E-state index is 13.2. The number of alkyl carbamates (subject to hydrolysis) is 1. The van der Waals surface area contributed by atoms with E-state index in [-0.39, 0.29) is 17.7 Å². The maximum absolute atomic E-state index is 13.2. The fourth-order valence-corrected chi connectivity index (χ4v) is 1.73. The Morgan fingerprint density at radius 1 is 1.41 bits per heavy atom. The van der Waals surface area contributed by atoms with Gasteiger partial charge >= 0.3 is 6.09 Å². The summed E-state index contributed by atoms with van der Waals surface area (Å²) in [7, 11) is 0. The summed E-state index contributed by atoms with van der Waals surface area (Å²) in [5.74, 6) is -0.646. The summed E-state index contributed by atoms with van der Waals surface area (Å²) in [6, 6.07) is 3.24. The monoisotopic (exact) mass is 313 g/mol. The second-order valence-corrected chi connectivity index (χ2v) is 5.79. The molecule has 7 heteroatoms. The number of hydrogen-bond donors (Lipinski definition) is 3. The summed E-state index contributed by atoms with van der Waals surface area (Å²) in [4.78, 5) is 22.3. The fraction of sp³-hybridized carbons (Fsp3) is 0.467. The molecule has 0 spiro atoms. The minimum atomic E-state index is -1.52. The van der Waals surface area contributed by atoms with Gasteiger partial charge in [-0.3, -0.25) is 4.79 Å². The predicted molar refractivity (Wildman–Crippen MR) is 77.0 cm³/mol. The first-order valence-corrected chi connectivity index (χ1v) is 6.71. The van der Waals surface area contributed by atoms with Crippen LogP contribution in [0.4, 0.5) is 9.18 Å². The highest BCUT2D eigenvalue weighted by Gasteiger charge is 2.23. The number of aldehydes is 1. The lowest BCUT2D eigenvalue weighted by Crippen LogP contribution is -2.39. The summed E-state index contributed by atoms with van der Waals surface area (Å²) in [5, 5.41) is 22.2. The molecule has 3 N–H and O–H groups in total. The lowest BCUT2D eigenvalue weighted by atomic mass is 9.99. The first-order chi connectivity index (χ1) is 10.1. The molecule has 0 fully saturated rings. The van der Waals surface area contributed by atoms with Gasteiger partial charge in [0, 0.05) is 12.1 Å². The maximum Gasteiger partial charge on any atom is 0.407 e. The van der Waals surface area contributed by atoms with Gasteiger partial charge in [0.2, 0.25) is 0 Å². The van der Waals surface area contributed by atoms with Crippen LogP contribution in [0, 0.1) is 5.82 Å². The van der Waals surface area contributed by atoms with Gasteiger partial charge in [-0.25, -0.2) is 9.18 Å². The van der Waals surface area contributed by atoms with Gasteiger partial charge in [-0.15, -0.1) is 0 Å². The van der Waals surface area contributed by atoms with Crippen LogP contribution >= 0.6 is 0 Å². The number of nitrogens with one attached hydrogen (secondary N) is 1. The summed E-state index contributed by atoms with van der Waals surface area (Å²) < 4.78 is 18.2. The van der Waals surface area contributed by atoms with Crippen LogP contribution < -0.4 is 5.32 Å². The molecule has 122 valence electrons. The standard InChI is InChI=1S/C15H20FNO5/c1-15(2,3)22-14(21)17-7-12(19)13(20)11-6-10(16)5-4-9(11)8-18/h4-6,8,12-13,19-20H,7H2,1-3H3,(H,17,21). The van der Waals surface area contributed by atoms with Crippen molar-refractivity contribution in [2.45, 2.75) is 38.6 Å². The Morgan fingerprint density at radius 3 is 2.59 bits per heavy atom. The third kappa shape index (κ3) is 5.42. The van der Waals surface area contributed by atoms with Crippen molar-refractivity contribution in [3.8, 4) is 0 Å². The average molecular weight is 313 g/mol. The highest BCUT2D eigenvalue weighted by molar-refractivity contribution is 5.77. The number of aliphatic hydroxyl groups excluding tert-OH is 2. The zero-order valence-electron chi connectivity index (χ0n) is 12.7. The van der Waals surface area contributed by atoms with Crippen LogP contribution in [0.5, 0.6) is 0 Å². The molecule has 1 amide bonds. The molecule has 0 aliphatic carbocycles. The summed E-state index contributed by atoms with van der Waals surface area (Å²) >= 11 is 0. The molecule has 2 unspecified atom stereocenters. The molecule has 6 nitrogen and oxygen atoms in total. The zero-order chi connectivity index (χ0) is 16.9. The van der Waals surface area contributed by atoms with Crippen LogP contribution in [-0.2, 0) is 4.74 Å². The molecule has 0 aliphatic heterocycles. The van der Waals surface area contributed by atoms with E-state index in [9.17, 15) is 24.2 Å². The first kappa shape index (κ1) is 18.1. The van der Waals surface area contributed by atoms with Crippen LogP contribution in [0.3, 0.4) is 0 Å². The van der Waals surface area contributed by atoms with E-state index < -0.39 is 29.7 Å². The van der Waals surface area contributed by atoms with E-state index in [0.29, 0.717) is 6.29 Å². The quantitative estimate of drug-likeness (QED) is 0.717. The van der Waals surface area contributed by atoms with E-state index >= 15 is 0 Å². The topological polar surface area (TPSA) is 95.9 Å². The third-order valence-electron chi connectivity index (χ3n) is 2.71. The number of carbonyl (C=O) groups excluding carboxylic acids is 2. The molecular weight excluding hydrogens is 293 g/mol. The normalized spacial score (nSPS) is 14.1. The molecule has 0 bridgehead atoms. The van der Waals surface area contributed by atoms with Crippen LogP contribution in [0.1, 0.15) is 42.8 Å². The largest absolute Gasteiger partial charge is 0.444 e. The van der Waals surface area contributed by atoms with Gasteiger partial charge in [-0.2, -0.15) is 0 Å². The average Bonchev–Trinajstić information content (AvgIpc) is 2.42. The lowest BCUT2D eigenvalue weighted by Gasteiger charge is -2.22. The van der Waals surface area contributed by atoms with Crippen LogP contribution in [0.2, 0.25) is 0 Å². The molecule has 0 aliphatic rings. The van der Waals surface area contributed by atoms with Crippen molar-refractivity contribution in [2.24, 2.45) is 0 Å². The molecule has 22 heavy (non-hydrogen) atoms. The van der Waals surface area contributed by atoms with Crippen molar-refractivity contribution in [3.63, 3.8) is 0 Å². The molecular formula is C15H20FNO5. The van der Waals surface area contributed by atoms with E-state index in [2.05, 4.69) is 5.32 Å². The number of aliphatic hydroxyl groups is 2. The SMILES string of the molecule is CC(C)(C)OC(=O)NCC(O)C(O)c1cc(F)ccc1C=O. The Bertz CT molecular complexity index is 541. The summed E-state index contributed by atoms with van der Waals surface area (Å²) in [5.41, 5.74) is -0.681. The van der Waals surface area contributed by atoms with Crippen molar-refractivity contribution in [3.05, 3.63) is 35.1 Å². The van der Waals surface area contributed by atoms with Gasteiger partial charge in [0.1, 0.15) is 29.9 Å². The van der Waals surface area contributed by atoms with E-state index in [1.165, 1.54) is 6.07 Å². The molecule has 0 saturated heterocycles. The number of rotatable bonds is 5. The Morgan fingerprint density at radius 2 is 2.05 bits per heavy atom. The van der Waals surface area contributed by atoms with Gasteiger partial charge in [0.05, 0.1) is 0 Å². The van der Waals surface area contributed by atoms with Crippen LogP contribution in [-0.4, -0.2) is 40.8 Å². The fourth-order valence-electron chi connectivity index (χ4n) is 1.73. The Labute approximate surface area is 127 Å². The highest BCUT2D eigenvalue weighted by Crippen LogP contribution is 2.21. The van der Waals surface area contributed by atoms with Crippen LogP contribution in [0.15, 0.2) is 18.2 Å². The van der Waals surface area contributed by atoms with Gasteiger partial charge < -0.3 is 20.3 Å². The van der Waals surface area contributed by atoms with Gasteiger partial charge in [0.25, 0.3) is 0 Å². The number of benzene rings is 1. The van der Waals surface area contributed by atoms with Crippen molar-refractivity contribution in [1.82, 2.24) is 5.32 Å². The van der Waals surface area contributed by atoms with E-state index in [1.54, 1.807) is 20.8 Å². The number of amides is 1. The van der Waals surface area contributed by atoms with Crippen molar-refractivity contribution < 1.29 is 28.9 Å². The van der Waals surface area contributed by atoms with Crippen molar-refractivity contribution >= 4 is 12.4 Å². The third-order valence-corrected chi connectivity index (χ3v) is 2.71. The Kier molecular flexibility index (Phi) is 6.01. The second kappa shape index (κ2) is 7.33. The van der Waals surface area contributed by atoms with E-state index in [4.69, 9.17) is 4.74 Å². The number of carbonyl (C=O) groups is 2. The second-order valence-electron chi connectivity index (χ2n) is 5.79. The first-order valence-electron chi connectivity index (χ1n) is 6.71. The number of hydrogen-bond acceptors (Lipinski definition) is 5. The zero-order valence-corrected chi connectivity index (χ0v) is 12.7. The lowest BCUT2D eigenvalue weighted by molar-refractivity contribution is 0.0125. The number of ether oxygens (including phenoxy) is 1. The molecule has 1 aromatic carbocycles. The molecule has 0 heterocycles. The minimum Gasteiger partial charge on any atom is -0.444 e. The molecule has 1 aromatic rings. The smallest absolute Gasteiger partial charge is 0.407 e. The number of halogens is 1. The minimum absolute atomic E-state index is 0.0477. The van der Waals surface area contributed by atoms with Gasteiger partial charge in [0.15, 0.2) is 0 Å². The Balaban J connectivity index is 2.70. The summed E-state index contributed by atoms with van der Waals surface area (Å²) in [6.45, 7) is 4.73. The summed E-state index contributed by atoms with van der Waals surface area (Å²) in [6.07, 6.45) is -3.25. The molecule has 2 atom stereocenters. The highest BCUT2D eigenvalue weighted by atomic mass is 19.1. The molecule has 0 aromatic heterocycles. The van der Waals surface area contributed by atoms with Crippen molar-refractivity contribution in [2.75, 3.05) is 6.54 Å². The van der Waals surface area contributed by atoms with Crippen molar-refractivity contribution in [1.29, 1.82) is 0 Å². The molecule has 1 rings (SSSR count). The Hall–Kier alpha value is -1.99.